The van der Waals surface area contributed by atoms with Crippen LogP contribution in [0.3, 0.4) is 0 Å². The number of nitrogens with zero attached hydrogens (tertiary/aromatic N) is 4. The summed E-state index contributed by atoms with van der Waals surface area (Å²) in [4.78, 5) is 31.5. The third-order valence-corrected chi connectivity index (χ3v) is 5.29. The first-order chi connectivity index (χ1) is 13.9. The molecule has 0 aliphatic rings. The topological polar surface area (TPSA) is 77.3 Å². The molecule has 0 bridgehead atoms. The molecule has 7 nitrogen and oxygen atoms in total. The van der Waals surface area contributed by atoms with E-state index in [1.807, 2.05) is 50.4 Å². The van der Waals surface area contributed by atoms with Crippen LogP contribution in [-0.4, -0.2) is 40.1 Å². The van der Waals surface area contributed by atoms with Crippen LogP contribution in [0.2, 0.25) is 0 Å². The van der Waals surface area contributed by atoms with Crippen molar-refractivity contribution in [3.8, 4) is 17.0 Å². The Morgan fingerprint density at radius 2 is 1.97 bits per heavy atom. The number of methoxy groups -OCH3 is 1. The van der Waals surface area contributed by atoms with Crippen molar-refractivity contribution in [3.05, 3.63) is 47.6 Å². The quantitative estimate of drug-likeness (QED) is 0.524. The molecule has 3 rings (SSSR count). The lowest BCUT2D eigenvalue weighted by Gasteiger charge is -2.18. The molecule has 152 valence electrons. The van der Waals surface area contributed by atoms with E-state index in [-0.39, 0.29) is 24.2 Å². The van der Waals surface area contributed by atoms with Crippen molar-refractivity contribution in [1.29, 1.82) is 0 Å². The molecule has 3 aromatic rings. The lowest BCUT2D eigenvalue weighted by molar-refractivity contribution is -0.119. The second kappa shape index (κ2) is 9.00. The zero-order valence-electron chi connectivity index (χ0n) is 17.0. The molecule has 0 aliphatic carbocycles. The van der Waals surface area contributed by atoms with Gasteiger partial charge in [0.1, 0.15) is 18.0 Å². The number of anilines is 1. The van der Waals surface area contributed by atoms with Crippen LogP contribution >= 0.6 is 11.3 Å². The van der Waals surface area contributed by atoms with Crippen LogP contribution in [0.25, 0.3) is 11.3 Å². The van der Waals surface area contributed by atoms with Crippen LogP contribution in [0.4, 0.5) is 5.13 Å². The molecule has 0 atom stereocenters. The summed E-state index contributed by atoms with van der Waals surface area (Å²) < 4.78 is 6.70. The summed E-state index contributed by atoms with van der Waals surface area (Å²) >= 11 is 1.40. The van der Waals surface area contributed by atoms with E-state index in [2.05, 4.69) is 10.1 Å². The molecule has 8 heteroatoms. The smallest absolute Gasteiger partial charge is 0.250 e. The number of ketones is 1. The number of thiazole rings is 1. The number of carbonyl (C=O) groups is 2. The van der Waals surface area contributed by atoms with Gasteiger partial charge in [-0.05, 0) is 37.3 Å². The highest BCUT2D eigenvalue weighted by atomic mass is 32.1. The predicted molar refractivity (Wildman–Crippen MR) is 114 cm³/mol. The van der Waals surface area contributed by atoms with Crippen molar-refractivity contribution >= 4 is 28.2 Å². The fraction of sp³-hybridized carbons (Fsp3) is 0.333. The Morgan fingerprint density at radius 3 is 2.52 bits per heavy atom. The maximum Gasteiger partial charge on any atom is 0.250 e. The molecule has 1 amide bonds. The average Bonchev–Trinajstić information content (AvgIpc) is 3.38. The SMILES string of the molecule is CCN(C(=O)Cn1nc(-c2ccc(OC)cc2)cc1C(=O)C(C)C)c1nccs1. The minimum absolute atomic E-state index is 0.0304. The molecule has 0 saturated heterocycles. The zero-order chi connectivity index (χ0) is 21.0. The second-order valence-corrected chi connectivity index (χ2v) is 7.65. The largest absolute Gasteiger partial charge is 0.497 e. The molecule has 2 heterocycles. The number of ether oxygens (including phenoxy) is 1. The van der Waals surface area contributed by atoms with Crippen molar-refractivity contribution < 1.29 is 14.3 Å². The third-order valence-electron chi connectivity index (χ3n) is 4.50. The van der Waals surface area contributed by atoms with E-state index in [0.717, 1.165) is 11.3 Å². The average molecular weight is 413 g/mol. The summed E-state index contributed by atoms with van der Waals surface area (Å²) in [7, 11) is 1.61. The van der Waals surface area contributed by atoms with Gasteiger partial charge in [0.25, 0.3) is 5.91 Å². The Balaban J connectivity index is 1.94. The van der Waals surface area contributed by atoms with Gasteiger partial charge >= 0.3 is 0 Å². The second-order valence-electron chi connectivity index (χ2n) is 6.77. The molecule has 2 aromatic heterocycles. The van der Waals surface area contributed by atoms with Crippen molar-refractivity contribution in [2.75, 3.05) is 18.6 Å². The summed E-state index contributed by atoms with van der Waals surface area (Å²) in [6.07, 6.45) is 1.67. The number of benzene rings is 1. The fourth-order valence-corrected chi connectivity index (χ4v) is 3.64. The number of amides is 1. The standard InChI is InChI=1S/C21H24N4O3S/c1-5-24(21-22-10-11-29-21)19(26)13-25-18(20(27)14(2)3)12-17(23-25)15-6-8-16(28-4)9-7-15/h6-12,14H,5,13H2,1-4H3. The van der Waals surface area contributed by atoms with Crippen molar-refractivity contribution in [2.24, 2.45) is 5.92 Å². The van der Waals surface area contributed by atoms with E-state index in [1.54, 1.807) is 24.3 Å². The van der Waals surface area contributed by atoms with E-state index in [9.17, 15) is 9.59 Å². The van der Waals surface area contributed by atoms with E-state index >= 15 is 0 Å². The highest BCUT2D eigenvalue weighted by Gasteiger charge is 2.23. The summed E-state index contributed by atoms with van der Waals surface area (Å²) in [6.45, 7) is 6.03. The number of likely N-dealkylation sites (N-methyl/N-ethyl adjacent to an activating group) is 1. The Bertz CT molecular complexity index is 978. The highest BCUT2D eigenvalue weighted by molar-refractivity contribution is 7.13. The number of hydrogen-bond acceptors (Lipinski definition) is 6. The van der Waals surface area contributed by atoms with E-state index < -0.39 is 0 Å². The first kappa shape index (κ1) is 20.7. The maximum atomic E-state index is 12.9. The number of aromatic nitrogens is 3. The van der Waals surface area contributed by atoms with Gasteiger partial charge < -0.3 is 4.74 Å². The number of hydrogen-bond donors (Lipinski definition) is 0. The Kier molecular flexibility index (Phi) is 6.43. The molecule has 29 heavy (non-hydrogen) atoms. The van der Waals surface area contributed by atoms with Crippen molar-refractivity contribution in [2.45, 2.75) is 27.3 Å². The first-order valence-electron chi connectivity index (χ1n) is 9.41. The molecule has 0 spiro atoms. The van der Waals surface area contributed by atoms with Gasteiger partial charge in [0, 0.05) is 29.6 Å². The van der Waals surface area contributed by atoms with Gasteiger partial charge in [0.2, 0.25) is 0 Å². The van der Waals surface area contributed by atoms with Crippen LogP contribution in [0.1, 0.15) is 31.3 Å². The summed E-state index contributed by atoms with van der Waals surface area (Å²) in [5.74, 6) is 0.321. The summed E-state index contributed by atoms with van der Waals surface area (Å²) in [5, 5.41) is 7.03. The minimum atomic E-state index is -0.203. The fourth-order valence-electron chi connectivity index (χ4n) is 2.92. The molecule has 0 radical (unpaired) electrons. The monoisotopic (exact) mass is 412 g/mol. The van der Waals surface area contributed by atoms with E-state index in [0.29, 0.717) is 23.1 Å². The zero-order valence-corrected chi connectivity index (χ0v) is 17.8. The molecule has 0 N–H and O–H groups in total. The minimum Gasteiger partial charge on any atom is -0.497 e. The molecule has 0 saturated carbocycles. The van der Waals surface area contributed by atoms with Gasteiger partial charge in [-0.25, -0.2) is 4.98 Å². The Labute approximate surface area is 173 Å². The molecular formula is C21H24N4O3S. The lowest BCUT2D eigenvalue weighted by Crippen LogP contribution is -2.34. The van der Waals surface area contributed by atoms with Gasteiger partial charge in [0.15, 0.2) is 10.9 Å². The van der Waals surface area contributed by atoms with E-state index in [1.165, 1.54) is 16.0 Å². The summed E-state index contributed by atoms with van der Waals surface area (Å²) in [6, 6.07) is 9.18. The Hall–Kier alpha value is -3.00. The van der Waals surface area contributed by atoms with Crippen molar-refractivity contribution in [1.82, 2.24) is 14.8 Å². The molecule has 0 aliphatic heterocycles. The lowest BCUT2D eigenvalue weighted by atomic mass is 10.0. The molecule has 0 unspecified atom stereocenters. The van der Waals surface area contributed by atoms with Gasteiger partial charge in [-0.3, -0.25) is 19.2 Å². The molecule has 0 fully saturated rings. The molecular weight excluding hydrogens is 388 g/mol. The number of rotatable bonds is 8. The summed E-state index contributed by atoms with van der Waals surface area (Å²) in [5.41, 5.74) is 1.91. The van der Waals surface area contributed by atoms with Crippen LogP contribution in [-0.2, 0) is 11.3 Å². The normalized spacial score (nSPS) is 10.9. The third kappa shape index (κ3) is 4.54. The maximum absolute atomic E-state index is 12.9. The van der Waals surface area contributed by atoms with Gasteiger partial charge in [-0.15, -0.1) is 11.3 Å². The van der Waals surface area contributed by atoms with Crippen LogP contribution in [0.15, 0.2) is 41.9 Å². The van der Waals surface area contributed by atoms with Gasteiger partial charge in [-0.2, -0.15) is 5.10 Å². The predicted octanol–water partition coefficient (Wildman–Crippen LogP) is 3.91. The van der Waals surface area contributed by atoms with Crippen LogP contribution in [0.5, 0.6) is 5.75 Å². The highest BCUT2D eigenvalue weighted by Crippen LogP contribution is 2.24. The first-order valence-corrected chi connectivity index (χ1v) is 10.3. The Morgan fingerprint density at radius 1 is 1.24 bits per heavy atom. The molecule has 1 aromatic carbocycles. The number of Topliss-reactive ketones (excluding diaryl/α,β-unsaturated/α-hetero) is 1. The van der Waals surface area contributed by atoms with Crippen molar-refractivity contribution in [3.63, 3.8) is 0 Å². The van der Waals surface area contributed by atoms with Crippen LogP contribution in [0, 0.1) is 5.92 Å². The number of carbonyl (C=O) groups excluding carboxylic acids is 2. The van der Waals surface area contributed by atoms with Gasteiger partial charge in [0.05, 0.1) is 12.8 Å². The van der Waals surface area contributed by atoms with E-state index in [4.69, 9.17) is 4.74 Å². The van der Waals surface area contributed by atoms with Gasteiger partial charge in [-0.1, -0.05) is 13.8 Å². The van der Waals surface area contributed by atoms with Crippen LogP contribution < -0.4 is 9.64 Å².